The Morgan fingerprint density at radius 2 is 2.00 bits per heavy atom. The van der Waals surface area contributed by atoms with E-state index in [0.717, 1.165) is 35.6 Å². The van der Waals surface area contributed by atoms with E-state index in [4.69, 9.17) is 4.74 Å². The molecule has 1 aliphatic rings. The summed E-state index contributed by atoms with van der Waals surface area (Å²) in [5.41, 5.74) is 1.12. The second-order valence-electron chi connectivity index (χ2n) is 5.58. The maximum Gasteiger partial charge on any atom is 0.433 e. The molecule has 2 N–H and O–H groups in total. The van der Waals surface area contributed by atoms with Crippen molar-refractivity contribution in [2.75, 3.05) is 19.7 Å². The van der Waals surface area contributed by atoms with Gasteiger partial charge in [-0.05, 0) is 29.8 Å². The Labute approximate surface area is 129 Å². The van der Waals surface area contributed by atoms with Crippen LogP contribution in [-0.2, 0) is 10.9 Å². The molecule has 1 aromatic carbocycles. The summed E-state index contributed by atoms with van der Waals surface area (Å²) in [4.78, 5) is 6.65. The second kappa shape index (κ2) is 5.21. The third-order valence-corrected chi connectivity index (χ3v) is 4.07. The first-order valence-electron chi connectivity index (χ1n) is 7.34. The highest BCUT2D eigenvalue weighted by Crippen LogP contribution is 2.32. The Balaban J connectivity index is 1.82. The molecule has 3 aromatic rings. The fourth-order valence-electron chi connectivity index (χ4n) is 2.93. The molecule has 4 nitrogen and oxygen atoms in total. The van der Waals surface area contributed by atoms with Gasteiger partial charge in [0.1, 0.15) is 11.3 Å². The lowest BCUT2D eigenvalue weighted by atomic mass is 10.0. The number of morpholine rings is 1. The van der Waals surface area contributed by atoms with E-state index < -0.39 is 11.9 Å². The Morgan fingerprint density at radius 1 is 1.13 bits per heavy atom. The van der Waals surface area contributed by atoms with Crippen molar-refractivity contribution in [1.29, 1.82) is 0 Å². The standard InChI is InChI=1S/C16H14F3N3O/c17-16(18,19)14-4-2-10-11-7-9(13-8-20-5-6-23-13)1-3-12(11)21-15(10)22-14/h1-4,7,13,20H,5-6,8H2,(H,21,22)/t13-/m1/s1. The number of nitrogens with one attached hydrogen (secondary N) is 2. The number of H-pyrrole nitrogens is 1. The topological polar surface area (TPSA) is 49.9 Å². The molecule has 120 valence electrons. The van der Waals surface area contributed by atoms with E-state index in [1.165, 1.54) is 6.07 Å². The minimum atomic E-state index is -4.45. The molecule has 2 aromatic heterocycles. The van der Waals surface area contributed by atoms with Gasteiger partial charge in [0, 0.05) is 29.4 Å². The van der Waals surface area contributed by atoms with Gasteiger partial charge in [-0.2, -0.15) is 13.2 Å². The highest BCUT2D eigenvalue weighted by atomic mass is 19.4. The third-order valence-electron chi connectivity index (χ3n) is 4.07. The summed E-state index contributed by atoms with van der Waals surface area (Å²) in [5, 5.41) is 4.80. The summed E-state index contributed by atoms with van der Waals surface area (Å²) in [6, 6.07) is 8.23. The molecule has 7 heteroatoms. The predicted molar refractivity (Wildman–Crippen MR) is 80.2 cm³/mol. The average Bonchev–Trinajstić information content (AvgIpc) is 2.91. The molecule has 1 saturated heterocycles. The number of alkyl halides is 3. The minimum absolute atomic E-state index is 0.0412. The zero-order chi connectivity index (χ0) is 16.0. The molecule has 0 aliphatic carbocycles. The van der Waals surface area contributed by atoms with Crippen LogP contribution in [-0.4, -0.2) is 29.7 Å². The van der Waals surface area contributed by atoms with Crippen LogP contribution in [0.3, 0.4) is 0 Å². The highest BCUT2D eigenvalue weighted by Gasteiger charge is 2.32. The first-order chi connectivity index (χ1) is 11.0. The molecule has 0 bridgehead atoms. The summed E-state index contributed by atoms with van der Waals surface area (Å²) in [5.74, 6) is 0. The van der Waals surface area contributed by atoms with Gasteiger partial charge in [0.25, 0.3) is 0 Å². The zero-order valence-electron chi connectivity index (χ0n) is 12.1. The van der Waals surface area contributed by atoms with E-state index in [0.29, 0.717) is 12.0 Å². The second-order valence-corrected chi connectivity index (χ2v) is 5.58. The lowest BCUT2D eigenvalue weighted by molar-refractivity contribution is -0.141. The number of pyridine rings is 1. The van der Waals surface area contributed by atoms with E-state index >= 15 is 0 Å². The van der Waals surface area contributed by atoms with Gasteiger partial charge in [-0.25, -0.2) is 4.98 Å². The van der Waals surface area contributed by atoms with Crippen LogP contribution >= 0.6 is 0 Å². The van der Waals surface area contributed by atoms with Gasteiger partial charge < -0.3 is 15.0 Å². The number of aromatic nitrogens is 2. The first kappa shape index (κ1) is 14.5. The maximum atomic E-state index is 12.8. The van der Waals surface area contributed by atoms with Crippen LogP contribution in [0.25, 0.3) is 21.9 Å². The van der Waals surface area contributed by atoms with Crippen molar-refractivity contribution in [3.63, 3.8) is 0 Å². The molecule has 4 rings (SSSR count). The van der Waals surface area contributed by atoms with Crippen LogP contribution in [0.4, 0.5) is 13.2 Å². The first-order valence-corrected chi connectivity index (χ1v) is 7.34. The van der Waals surface area contributed by atoms with Crippen LogP contribution < -0.4 is 5.32 Å². The van der Waals surface area contributed by atoms with E-state index in [-0.39, 0.29) is 11.8 Å². The Hall–Kier alpha value is -2.12. The molecule has 1 atom stereocenters. The SMILES string of the molecule is FC(F)(F)c1ccc2c(n1)[nH]c1ccc([C@H]3CNCCO3)cc12. The van der Waals surface area contributed by atoms with Gasteiger partial charge in [-0.15, -0.1) is 0 Å². The lowest BCUT2D eigenvalue weighted by Gasteiger charge is -2.24. The van der Waals surface area contributed by atoms with Gasteiger partial charge in [-0.3, -0.25) is 0 Å². The average molecular weight is 321 g/mol. The molecule has 0 radical (unpaired) electrons. The molecular weight excluding hydrogens is 307 g/mol. The van der Waals surface area contributed by atoms with Crippen molar-refractivity contribution >= 4 is 21.9 Å². The number of rotatable bonds is 1. The smallest absolute Gasteiger partial charge is 0.371 e. The molecular formula is C16H14F3N3O. The fourth-order valence-corrected chi connectivity index (χ4v) is 2.93. The molecule has 0 amide bonds. The summed E-state index contributed by atoms with van der Waals surface area (Å²) in [6.07, 6.45) is -4.49. The molecule has 0 saturated carbocycles. The maximum absolute atomic E-state index is 12.8. The number of hydrogen-bond donors (Lipinski definition) is 2. The van der Waals surface area contributed by atoms with E-state index in [1.807, 2.05) is 18.2 Å². The van der Waals surface area contributed by atoms with Crippen molar-refractivity contribution in [3.8, 4) is 0 Å². The van der Waals surface area contributed by atoms with Crippen LogP contribution in [0.15, 0.2) is 30.3 Å². The van der Waals surface area contributed by atoms with Crippen LogP contribution in [0.1, 0.15) is 17.4 Å². The molecule has 0 spiro atoms. The summed E-state index contributed by atoms with van der Waals surface area (Å²) < 4.78 is 44.1. The predicted octanol–water partition coefficient (Wildman–Crippen LogP) is 3.40. The number of fused-ring (bicyclic) bond motifs is 3. The van der Waals surface area contributed by atoms with E-state index in [9.17, 15) is 13.2 Å². The largest absolute Gasteiger partial charge is 0.433 e. The van der Waals surface area contributed by atoms with E-state index in [1.54, 1.807) is 0 Å². The summed E-state index contributed by atoms with van der Waals surface area (Å²) >= 11 is 0. The molecule has 0 unspecified atom stereocenters. The summed E-state index contributed by atoms with van der Waals surface area (Å²) in [7, 11) is 0. The molecule has 1 fully saturated rings. The Bertz CT molecular complexity index is 866. The molecule has 3 heterocycles. The van der Waals surface area contributed by atoms with Gasteiger partial charge in [0.15, 0.2) is 0 Å². The number of halogens is 3. The van der Waals surface area contributed by atoms with Crippen molar-refractivity contribution in [1.82, 2.24) is 15.3 Å². The van der Waals surface area contributed by atoms with Crippen molar-refractivity contribution in [2.45, 2.75) is 12.3 Å². The van der Waals surface area contributed by atoms with Crippen LogP contribution in [0, 0.1) is 0 Å². The quantitative estimate of drug-likeness (QED) is 0.722. The number of ether oxygens (including phenoxy) is 1. The normalized spacial score (nSPS) is 19.5. The van der Waals surface area contributed by atoms with Gasteiger partial charge in [0.05, 0.1) is 12.7 Å². The fraction of sp³-hybridized carbons (Fsp3) is 0.312. The van der Waals surface area contributed by atoms with Gasteiger partial charge >= 0.3 is 6.18 Å². The van der Waals surface area contributed by atoms with Gasteiger partial charge in [0.2, 0.25) is 0 Å². The van der Waals surface area contributed by atoms with Gasteiger partial charge in [-0.1, -0.05) is 6.07 Å². The zero-order valence-corrected chi connectivity index (χ0v) is 12.1. The van der Waals surface area contributed by atoms with Crippen LogP contribution in [0.2, 0.25) is 0 Å². The molecule has 23 heavy (non-hydrogen) atoms. The van der Waals surface area contributed by atoms with Crippen molar-refractivity contribution in [2.24, 2.45) is 0 Å². The van der Waals surface area contributed by atoms with Crippen molar-refractivity contribution in [3.05, 3.63) is 41.6 Å². The monoisotopic (exact) mass is 321 g/mol. The number of nitrogens with zero attached hydrogens (tertiary/aromatic N) is 1. The number of hydrogen-bond acceptors (Lipinski definition) is 3. The lowest BCUT2D eigenvalue weighted by Crippen LogP contribution is -2.33. The minimum Gasteiger partial charge on any atom is -0.371 e. The highest BCUT2D eigenvalue weighted by molar-refractivity contribution is 6.06. The van der Waals surface area contributed by atoms with Crippen LogP contribution in [0.5, 0.6) is 0 Å². The Kier molecular flexibility index (Phi) is 3.28. The number of benzene rings is 1. The van der Waals surface area contributed by atoms with Crippen molar-refractivity contribution < 1.29 is 17.9 Å². The Morgan fingerprint density at radius 3 is 2.74 bits per heavy atom. The van der Waals surface area contributed by atoms with E-state index in [2.05, 4.69) is 15.3 Å². The third kappa shape index (κ3) is 2.55. The molecule has 1 aliphatic heterocycles. The summed E-state index contributed by atoms with van der Waals surface area (Å²) in [6.45, 7) is 2.20. The number of aromatic amines is 1.